The van der Waals surface area contributed by atoms with E-state index in [9.17, 15) is 18.0 Å². The molecular weight excluding hydrogens is 562 g/mol. The van der Waals surface area contributed by atoms with E-state index in [0.29, 0.717) is 52.1 Å². The lowest BCUT2D eigenvalue weighted by atomic mass is 10.1. The molecule has 41 heavy (non-hydrogen) atoms. The number of H-pyrrole nitrogens is 1. The van der Waals surface area contributed by atoms with Gasteiger partial charge in [-0.2, -0.15) is 4.31 Å². The molecule has 0 aliphatic carbocycles. The summed E-state index contributed by atoms with van der Waals surface area (Å²) in [5.41, 5.74) is 3.21. The van der Waals surface area contributed by atoms with Crippen LogP contribution in [0.2, 0.25) is 0 Å². The van der Waals surface area contributed by atoms with Gasteiger partial charge < -0.3 is 9.72 Å². The quantitative estimate of drug-likeness (QED) is 0.158. The highest BCUT2D eigenvalue weighted by Gasteiger charge is 2.28. The Labute approximate surface area is 243 Å². The molecule has 4 aromatic rings. The molecule has 1 fully saturated rings. The predicted octanol–water partition coefficient (Wildman–Crippen LogP) is 4.82. The third kappa shape index (κ3) is 5.72. The molecule has 3 heterocycles. The monoisotopic (exact) mass is 593 g/mol. The number of para-hydroxylation sites is 1. The third-order valence-electron chi connectivity index (χ3n) is 6.97. The van der Waals surface area contributed by atoms with Crippen LogP contribution >= 0.6 is 11.8 Å². The Kier molecular flexibility index (Phi) is 8.43. The summed E-state index contributed by atoms with van der Waals surface area (Å²) < 4.78 is 34.9. The maximum absolute atomic E-state index is 13.3. The number of carbonyl (C=O) groups is 2. The first-order valence-corrected chi connectivity index (χ1v) is 15.8. The Hall–Kier alpha value is -3.74. The smallest absolute Gasteiger partial charge is 0.340 e. The van der Waals surface area contributed by atoms with E-state index < -0.39 is 16.0 Å². The molecule has 2 aromatic carbocycles. The number of aryl methyl sites for hydroxylation is 1. The van der Waals surface area contributed by atoms with E-state index in [1.54, 1.807) is 45.0 Å². The minimum atomic E-state index is -3.62. The lowest BCUT2D eigenvalue weighted by molar-refractivity contribution is 0.0525. The molecule has 214 valence electrons. The van der Waals surface area contributed by atoms with Crippen molar-refractivity contribution in [1.82, 2.24) is 24.1 Å². The van der Waals surface area contributed by atoms with E-state index in [1.165, 1.54) is 16.1 Å². The van der Waals surface area contributed by atoms with Gasteiger partial charge in [-0.15, -0.1) is 10.2 Å². The third-order valence-corrected chi connectivity index (χ3v) is 9.79. The average Bonchev–Trinajstić information content (AvgIpc) is 3.72. The fourth-order valence-corrected chi connectivity index (χ4v) is 7.36. The van der Waals surface area contributed by atoms with E-state index in [4.69, 9.17) is 4.74 Å². The highest BCUT2D eigenvalue weighted by molar-refractivity contribution is 7.99. The van der Waals surface area contributed by atoms with Crippen molar-refractivity contribution in [1.29, 1.82) is 0 Å². The second-order valence-electron chi connectivity index (χ2n) is 9.67. The number of ether oxygens (including phenoxy) is 1. The van der Waals surface area contributed by atoms with Gasteiger partial charge in [0.1, 0.15) is 0 Å². The molecule has 0 spiro atoms. The van der Waals surface area contributed by atoms with Crippen molar-refractivity contribution in [2.75, 3.05) is 25.4 Å². The topological polar surface area (TPSA) is 127 Å². The molecule has 10 nitrogen and oxygen atoms in total. The number of ketones is 1. The average molecular weight is 594 g/mol. The molecule has 12 heteroatoms. The molecule has 1 aliphatic heterocycles. The number of rotatable bonds is 10. The van der Waals surface area contributed by atoms with Crippen molar-refractivity contribution in [3.05, 3.63) is 77.1 Å². The summed E-state index contributed by atoms with van der Waals surface area (Å²) in [5.74, 6) is -0.166. The van der Waals surface area contributed by atoms with Gasteiger partial charge in [0.05, 0.1) is 28.5 Å². The van der Waals surface area contributed by atoms with Gasteiger partial charge in [-0.25, -0.2) is 13.2 Å². The fraction of sp³-hybridized carbons (Fsp3) is 0.310. The van der Waals surface area contributed by atoms with Gasteiger partial charge in [0.25, 0.3) is 0 Å². The Balaban J connectivity index is 1.46. The van der Waals surface area contributed by atoms with Crippen molar-refractivity contribution < 1.29 is 22.7 Å². The Bertz CT molecular complexity index is 1690. The first kappa shape index (κ1) is 28.8. The van der Waals surface area contributed by atoms with Gasteiger partial charge in [-0.05, 0) is 63.4 Å². The summed E-state index contributed by atoms with van der Waals surface area (Å²) in [6.07, 6.45) is 1.71. The number of benzene rings is 2. The van der Waals surface area contributed by atoms with Crippen LogP contribution in [0.5, 0.6) is 0 Å². The van der Waals surface area contributed by atoms with E-state index in [2.05, 4.69) is 15.2 Å². The number of sulfonamides is 1. The highest BCUT2D eigenvalue weighted by atomic mass is 32.2. The van der Waals surface area contributed by atoms with Gasteiger partial charge in [-0.3, -0.25) is 9.36 Å². The van der Waals surface area contributed by atoms with Crippen molar-refractivity contribution in [2.24, 2.45) is 0 Å². The number of aromatic amines is 1. The first-order valence-electron chi connectivity index (χ1n) is 13.4. The number of aromatic nitrogens is 4. The molecular formula is C29H31N5O5S2. The summed E-state index contributed by atoms with van der Waals surface area (Å²) in [7, 11) is -3.62. The van der Waals surface area contributed by atoms with Crippen LogP contribution in [0.15, 0.2) is 64.6 Å². The molecule has 0 saturated carbocycles. The minimum absolute atomic E-state index is 0.0391. The van der Waals surface area contributed by atoms with Gasteiger partial charge in [0, 0.05) is 30.0 Å². The summed E-state index contributed by atoms with van der Waals surface area (Å²) >= 11 is 1.21. The molecule has 5 rings (SSSR count). The summed E-state index contributed by atoms with van der Waals surface area (Å²) in [6, 6.07) is 16.2. The zero-order valence-electron chi connectivity index (χ0n) is 23.1. The van der Waals surface area contributed by atoms with Crippen LogP contribution in [0.3, 0.4) is 0 Å². The lowest BCUT2D eigenvalue weighted by Gasteiger charge is -2.16. The number of carbonyl (C=O) groups excluding carboxylic acids is 2. The maximum Gasteiger partial charge on any atom is 0.340 e. The second-order valence-corrected chi connectivity index (χ2v) is 12.6. The number of nitrogens with one attached hydrogen (secondary N) is 1. The van der Waals surface area contributed by atoms with Crippen LogP contribution in [-0.2, 0) is 14.8 Å². The minimum Gasteiger partial charge on any atom is -0.462 e. The van der Waals surface area contributed by atoms with E-state index in [0.717, 1.165) is 18.5 Å². The molecule has 0 amide bonds. The maximum atomic E-state index is 13.3. The SMILES string of the molecule is CCOC(=O)c1c(C)[nH]c(C(=O)CSc2nnc(-c3cccc(S(=O)(=O)N4CCCC4)c3)n2-c2ccccc2)c1C. The Morgan fingerprint density at radius 2 is 1.76 bits per heavy atom. The van der Waals surface area contributed by atoms with Crippen LogP contribution in [0, 0.1) is 13.8 Å². The number of nitrogens with zero attached hydrogens (tertiary/aromatic N) is 4. The zero-order valence-corrected chi connectivity index (χ0v) is 24.7. The van der Waals surface area contributed by atoms with Gasteiger partial charge in [0.15, 0.2) is 16.8 Å². The van der Waals surface area contributed by atoms with Crippen molar-refractivity contribution in [3.63, 3.8) is 0 Å². The first-order chi connectivity index (χ1) is 19.7. The van der Waals surface area contributed by atoms with Crippen LogP contribution in [0.1, 0.15) is 51.9 Å². The molecule has 0 radical (unpaired) electrons. The molecule has 1 saturated heterocycles. The standard InChI is InChI=1S/C29H31N5O5S2/c1-4-39-28(36)25-19(2)26(30-20(25)3)24(35)18-40-29-32-31-27(34(29)22-12-6-5-7-13-22)21-11-10-14-23(17-21)41(37,38)33-15-8-9-16-33/h5-7,10-14,17,30H,4,8-9,15-16,18H2,1-3H3. The van der Waals surface area contributed by atoms with Crippen molar-refractivity contribution >= 4 is 33.5 Å². The molecule has 0 bridgehead atoms. The van der Waals surface area contributed by atoms with Crippen LogP contribution in [0.4, 0.5) is 0 Å². The summed E-state index contributed by atoms with van der Waals surface area (Å²) in [5, 5.41) is 9.27. The highest BCUT2D eigenvalue weighted by Crippen LogP contribution is 2.31. The van der Waals surface area contributed by atoms with E-state index >= 15 is 0 Å². The van der Waals surface area contributed by atoms with Crippen LogP contribution < -0.4 is 0 Å². The Morgan fingerprint density at radius 1 is 1.02 bits per heavy atom. The summed E-state index contributed by atoms with van der Waals surface area (Å²) in [6.45, 7) is 6.47. The molecule has 1 N–H and O–H groups in total. The van der Waals surface area contributed by atoms with Gasteiger partial charge >= 0.3 is 5.97 Å². The van der Waals surface area contributed by atoms with Gasteiger partial charge in [0.2, 0.25) is 10.0 Å². The Morgan fingerprint density at radius 3 is 2.46 bits per heavy atom. The molecule has 0 atom stereocenters. The predicted molar refractivity (Wildman–Crippen MR) is 156 cm³/mol. The van der Waals surface area contributed by atoms with Crippen molar-refractivity contribution in [2.45, 2.75) is 43.7 Å². The number of thioether (sulfide) groups is 1. The summed E-state index contributed by atoms with van der Waals surface area (Å²) in [4.78, 5) is 28.9. The van der Waals surface area contributed by atoms with Crippen molar-refractivity contribution in [3.8, 4) is 17.1 Å². The molecule has 2 aromatic heterocycles. The lowest BCUT2D eigenvalue weighted by Crippen LogP contribution is -2.27. The normalized spacial score (nSPS) is 13.9. The van der Waals surface area contributed by atoms with Crippen LogP contribution in [-0.4, -0.2) is 69.7 Å². The number of esters is 1. The number of Topliss-reactive ketones (excluding diaryl/α,β-unsaturated/α-hetero) is 1. The number of hydrogen-bond acceptors (Lipinski definition) is 8. The zero-order chi connectivity index (χ0) is 29.1. The van der Waals surface area contributed by atoms with Crippen LogP contribution in [0.25, 0.3) is 17.1 Å². The van der Waals surface area contributed by atoms with E-state index in [-0.39, 0.29) is 23.0 Å². The number of hydrogen-bond donors (Lipinski definition) is 1. The van der Waals surface area contributed by atoms with E-state index in [1.807, 2.05) is 34.9 Å². The fourth-order valence-electron chi connectivity index (χ4n) is 4.97. The largest absolute Gasteiger partial charge is 0.462 e. The van der Waals surface area contributed by atoms with Gasteiger partial charge in [-0.1, -0.05) is 42.1 Å². The molecule has 1 aliphatic rings. The second kappa shape index (κ2) is 12.0. The molecule has 0 unspecified atom stereocenters.